The number of nitrogens with zero attached hydrogens (tertiary/aromatic N) is 5. The van der Waals surface area contributed by atoms with Crippen LogP contribution in [0.15, 0.2) is 48.8 Å². The second-order valence-electron chi connectivity index (χ2n) is 8.21. The van der Waals surface area contributed by atoms with Gasteiger partial charge in [0.15, 0.2) is 5.69 Å². The number of halogens is 1. The topological polar surface area (TPSA) is 74.2 Å². The minimum absolute atomic E-state index is 0.208. The molecule has 32 heavy (non-hydrogen) atoms. The first kappa shape index (κ1) is 20.7. The number of aromatic nitrogens is 3. The van der Waals surface area contributed by atoms with E-state index in [-0.39, 0.29) is 16.6 Å². The van der Waals surface area contributed by atoms with E-state index < -0.39 is 0 Å². The second kappa shape index (κ2) is 9.12. The van der Waals surface area contributed by atoms with Crippen LogP contribution in [0.1, 0.15) is 40.0 Å². The maximum absolute atomic E-state index is 12.7. The number of carbonyl (C=O) groups excluding carboxylic acids is 1. The summed E-state index contributed by atoms with van der Waals surface area (Å²) in [5, 5.41) is 3.15. The van der Waals surface area contributed by atoms with Crippen molar-refractivity contribution in [2.24, 2.45) is 0 Å². The molecule has 2 aliphatic heterocycles. The van der Waals surface area contributed by atoms with Gasteiger partial charge in [-0.3, -0.25) is 4.79 Å². The van der Waals surface area contributed by atoms with Crippen LogP contribution in [0.5, 0.6) is 0 Å². The Morgan fingerprint density at radius 2 is 1.78 bits per heavy atom. The van der Waals surface area contributed by atoms with Gasteiger partial charge in [0.2, 0.25) is 5.95 Å². The van der Waals surface area contributed by atoms with Crippen molar-refractivity contribution in [3.05, 3.63) is 76.2 Å². The van der Waals surface area contributed by atoms with E-state index in [1.165, 1.54) is 17.3 Å². The predicted octanol–water partition coefficient (Wildman–Crippen LogP) is 3.62. The lowest BCUT2D eigenvalue weighted by Gasteiger charge is -2.29. The molecule has 1 fully saturated rings. The Bertz CT molecular complexity index is 1110. The highest BCUT2D eigenvalue weighted by Gasteiger charge is 2.20. The van der Waals surface area contributed by atoms with Crippen molar-refractivity contribution in [3.63, 3.8) is 0 Å². The number of anilines is 2. The van der Waals surface area contributed by atoms with Gasteiger partial charge in [-0.1, -0.05) is 41.9 Å². The van der Waals surface area contributed by atoms with Crippen molar-refractivity contribution in [2.75, 3.05) is 29.4 Å². The van der Waals surface area contributed by atoms with Gasteiger partial charge in [-0.25, -0.2) is 15.0 Å². The van der Waals surface area contributed by atoms with Crippen LogP contribution in [0.3, 0.4) is 0 Å². The Hall–Kier alpha value is -3.19. The molecule has 8 heteroatoms. The van der Waals surface area contributed by atoms with Crippen LogP contribution < -0.4 is 15.1 Å². The van der Waals surface area contributed by atoms with Gasteiger partial charge in [-0.2, -0.15) is 0 Å². The molecule has 0 bridgehead atoms. The van der Waals surface area contributed by atoms with Crippen LogP contribution in [0, 0.1) is 0 Å². The largest absolute Gasteiger partial charge is 0.352 e. The highest BCUT2D eigenvalue weighted by Crippen LogP contribution is 2.23. The molecule has 3 aromatic rings. The number of nitrogens with one attached hydrogen (secondary N) is 1. The zero-order valence-corrected chi connectivity index (χ0v) is 18.6. The van der Waals surface area contributed by atoms with Gasteiger partial charge in [0.1, 0.15) is 5.82 Å². The third kappa shape index (κ3) is 4.39. The van der Waals surface area contributed by atoms with Crippen molar-refractivity contribution in [3.8, 4) is 0 Å². The summed E-state index contributed by atoms with van der Waals surface area (Å²) in [4.78, 5) is 30.4. The lowest BCUT2D eigenvalue weighted by Crippen LogP contribution is -2.31. The maximum Gasteiger partial charge on any atom is 0.271 e. The number of hydrogen-bond acceptors (Lipinski definition) is 6. The van der Waals surface area contributed by atoms with Crippen molar-refractivity contribution >= 4 is 29.3 Å². The van der Waals surface area contributed by atoms with Gasteiger partial charge in [0.05, 0.1) is 11.2 Å². The normalized spacial score (nSPS) is 15.5. The Morgan fingerprint density at radius 1 is 0.969 bits per heavy atom. The SMILES string of the molecule is O=C(NCc1ccc(N2CCc3ccccc3C2)nc1)c1nc(N2CCCC2)ncc1Cl. The number of fused-ring (bicyclic) bond motifs is 1. The molecule has 5 rings (SSSR count). The third-order valence-corrected chi connectivity index (χ3v) is 6.33. The standard InChI is InChI=1S/C24H25ClN6O/c25-20-15-28-24(30-10-3-4-11-30)29-22(20)23(32)27-14-17-7-8-21(26-13-17)31-12-9-18-5-1-2-6-19(18)16-31/h1-2,5-8,13,15H,3-4,9-12,14,16H2,(H,27,32). The summed E-state index contributed by atoms with van der Waals surface area (Å²) in [7, 11) is 0. The molecule has 4 heterocycles. The molecule has 0 spiro atoms. The molecule has 0 unspecified atom stereocenters. The summed E-state index contributed by atoms with van der Waals surface area (Å²) < 4.78 is 0. The minimum atomic E-state index is -0.311. The van der Waals surface area contributed by atoms with Crippen LogP contribution in [-0.2, 0) is 19.5 Å². The zero-order valence-electron chi connectivity index (χ0n) is 17.8. The van der Waals surface area contributed by atoms with Gasteiger partial charge in [-0.05, 0) is 42.0 Å². The molecule has 1 aromatic carbocycles. The van der Waals surface area contributed by atoms with Crippen LogP contribution in [0.4, 0.5) is 11.8 Å². The van der Waals surface area contributed by atoms with Gasteiger partial charge >= 0.3 is 0 Å². The number of rotatable bonds is 5. The molecule has 0 saturated carbocycles. The quantitative estimate of drug-likeness (QED) is 0.642. The first-order valence-electron chi connectivity index (χ1n) is 11.0. The van der Waals surface area contributed by atoms with E-state index >= 15 is 0 Å². The van der Waals surface area contributed by atoms with E-state index in [2.05, 4.69) is 54.3 Å². The minimum Gasteiger partial charge on any atom is -0.352 e. The molecule has 2 aromatic heterocycles. The number of hydrogen-bond donors (Lipinski definition) is 1. The molecule has 0 radical (unpaired) electrons. The maximum atomic E-state index is 12.7. The molecular formula is C24H25ClN6O. The molecular weight excluding hydrogens is 424 g/mol. The fourth-order valence-electron chi connectivity index (χ4n) is 4.25. The molecule has 0 aliphatic carbocycles. The molecule has 0 atom stereocenters. The Morgan fingerprint density at radius 3 is 2.56 bits per heavy atom. The Labute approximate surface area is 192 Å². The highest BCUT2D eigenvalue weighted by atomic mass is 35.5. The molecule has 7 nitrogen and oxygen atoms in total. The van der Waals surface area contributed by atoms with E-state index in [0.717, 1.165) is 56.8 Å². The monoisotopic (exact) mass is 448 g/mol. The fourth-order valence-corrected chi connectivity index (χ4v) is 4.43. The van der Waals surface area contributed by atoms with Crippen molar-refractivity contribution in [2.45, 2.75) is 32.4 Å². The van der Waals surface area contributed by atoms with E-state index in [9.17, 15) is 4.79 Å². The van der Waals surface area contributed by atoms with E-state index in [4.69, 9.17) is 11.6 Å². The summed E-state index contributed by atoms with van der Waals surface area (Å²) >= 11 is 6.20. The number of benzene rings is 1. The molecule has 1 N–H and O–H groups in total. The number of carbonyl (C=O) groups is 1. The van der Waals surface area contributed by atoms with E-state index in [0.29, 0.717) is 12.5 Å². The summed E-state index contributed by atoms with van der Waals surface area (Å²) in [5.74, 6) is 1.20. The predicted molar refractivity (Wildman–Crippen MR) is 125 cm³/mol. The Balaban J connectivity index is 1.21. The first-order chi connectivity index (χ1) is 15.7. The number of pyridine rings is 1. The smallest absolute Gasteiger partial charge is 0.271 e. The van der Waals surface area contributed by atoms with Crippen LogP contribution in [-0.4, -0.2) is 40.5 Å². The van der Waals surface area contributed by atoms with Gasteiger partial charge in [0.25, 0.3) is 5.91 Å². The van der Waals surface area contributed by atoms with Crippen LogP contribution in [0.25, 0.3) is 0 Å². The number of amides is 1. The lowest BCUT2D eigenvalue weighted by atomic mass is 10.00. The van der Waals surface area contributed by atoms with Crippen molar-refractivity contribution in [1.29, 1.82) is 0 Å². The van der Waals surface area contributed by atoms with Gasteiger partial charge < -0.3 is 15.1 Å². The van der Waals surface area contributed by atoms with E-state index in [1.807, 2.05) is 18.3 Å². The van der Waals surface area contributed by atoms with Gasteiger partial charge in [0, 0.05) is 38.9 Å². The summed E-state index contributed by atoms with van der Waals surface area (Å²) in [6.07, 6.45) is 6.56. The molecule has 164 valence electrons. The summed E-state index contributed by atoms with van der Waals surface area (Å²) in [5.41, 5.74) is 3.90. The summed E-state index contributed by atoms with van der Waals surface area (Å²) in [6, 6.07) is 12.6. The van der Waals surface area contributed by atoms with Crippen LogP contribution >= 0.6 is 11.6 Å². The second-order valence-corrected chi connectivity index (χ2v) is 8.62. The van der Waals surface area contributed by atoms with Crippen molar-refractivity contribution in [1.82, 2.24) is 20.3 Å². The summed E-state index contributed by atoms with van der Waals surface area (Å²) in [6.45, 7) is 3.98. The average Bonchev–Trinajstić information content (AvgIpc) is 3.38. The lowest BCUT2D eigenvalue weighted by molar-refractivity contribution is 0.0946. The van der Waals surface area contributed by atoms with Crippen LogP contribution in [0.2, 0.25) is 5.02 Å². The molecule has 1 amide bonds. The zero-order chi connectivity index (χ0) is 21.9. The van der Waals surface area contributed by atoms with E-state index in [1.54, 1.807) is 0 Å². The third-order valence-electron chi connectivity index (χ3n) is 6.05. The Kier molecular flexibility index (Phi) is 5.90. The highest BCUT2D eigenvalue weighted by molar-refractivity contribution is 6.33. The fraction of sp³-hybridized carbons (Fsp3) is 0.333. The van der Waals surface area contributed by atoms with Crippen molar-refractivity contribution < 1.29 is 4.79 Å². The molecule has 2 aliphatic rings. The van der Waals surface area contributed by atoms with Gasteiger partial charge in [-0.15, -0.1) is 0 Å². The first-order valence-corrected chi connectivity index (χ1v) is 11.4. The molecule has 1 saturated heterocycles. The average molecular weight is 449 g/mol.